The van der Waals surface area contributed by atoms with Gasteiger partial charge in [0, 0.05) is 19.1 Å². The molecule has 0 aliphatic heterocycles. The molecule has 0 radical (unpaired) electrons. The van der Waals surface area contributed by atoms with Crippen LogP contribution in [0.3, 0.4) is 0 Å². The fourth-order valence-corrected chi connectivity index (χ4v) is 3.79. The van der Waals surface area contributed by atoms with Crippen molar-refractivity contribution in [3.05, 3.63) is 65.9 Å². The lowest BCUT2D eigenvalue weighted by molar-refractivity contribution is 0.0818. The van der Waals surface area contributed by atoms with E-state index in [1.807, 2.05) is 66.2 Å². The largest absolute Gasteiger partial charge is 0.497 e. The molecule has 0 amide bonds. The number of hydrogen-bond acceptors (Lipinski definition) is 5. The van der Waals surface area contributed by atoms with E-state index < -0.39 is 0 Å². The zero-order chi connectivity index (χ0) is 23.8. The Balaban J connectivity index is 2.07. The van der Waals surface area contributed by atoms with Crippen molar-refractivity contribution in [1.82, 2.24) is 14.7 Å². The summed E-state index contributed by atoms with van der Waals surface area (Å²) in [5, 5.41) is 15.4. The number of aromatic nitrogens is 2. The summed E-state index contributed by atoms with van der Waals surface area (Å²) in [6.07, 6.45) is 2.16. The Kier molecular flexibility index (Phi) is 8.92. The summed E-state index contributed by atoms with van der Waals surface area (Å²) in [4.78, 5) is 2.33. The average molecular weight is 452 g/mol. The zero-order valence-corrected chi connectivity index (χ0v) is 20.5. The lowest BCUT2D eigenvalue weighted by Gasteiger charge is -2.30. The van der Waals surface area contributed by atoms with Crippen molar-refractivity contribution in [2.24, 2.45) is 0 Å². The number of aryl methyl sites for hydroxylation is 1. The van der Waals surface area contributed by atoms with Crippen LogP contribution < -0.4 is 9.47 Å². The number of benzene rings is 2. The van der Waals surface area contributed by atoms with E-state index in [0.29, 0.717) is 25.0 Å². The van der Waals surface area contributed by atoms with Crippen LogP contribution in [0.15, 0.2) is 54.6 Å². The van der Waals surface area contributed by atoms with Crippen LogP contribution in [0.25, 0.3) is 5.69 Å². The van der Waals surface area contributed by atoms with E-state index in [1.54, 1.807) is 7.11 Å². The van der Waals surface area contributed by atoms with Crippen LogP contribution in [0.4, 0.5) is 0 Å². The predicted molar refractivity (Wildman–Crippen MR) is 132 cm³/mol. The lowest BCUT2D eigenvalue weighted by Crippen LogP contribution is -2.38. The number of nitrogens with zero attached hydrogens (tertiary/aromatic N) is 3. The Morgan fingerprint density at radius 2 is 1.64 bits per heavy atom. The molecule has 0 spiro atoms. The predicted octanol–water partition coefficient (Wildman–Crippen LogP) is 5.61. The van der Waals surface area contributed by atoms with Gasteiger partial charge in [0.2, 0.25) is 5.88 Å². The van der Waals surface area contributed by atoms with Crippen molar-refractivity contribution in [3.63, 3.8) is 0 Å². The van der Waals surface area contributed by atoms with Crippen LogP contribution in [-0.4, -0.2) is 45.6 Å². The Morgan fingerprint density at radius 1 is 0.970 bits per heavy atom. The fraction of sp³-hybridized carbons (Fsp3) is 0.444. The minimum absolute atomic E-state index is 0.324. The molecule has 6 heteroatoms. The van der Waals surface area contributed by atoms with Crippen LogP contribution in [0.5, 0.6) is 17.4 Å². The van der Waals surface area contributed by atoms with Gasteiger partial charge in [0.25, 0.3) is 0 Å². The van der Waals surface area contributed by atoms with E-state index in [1.165, 1.54) is 0 Å². The Hall–Kier alpha value is -2.83. The SMILES string of the molecule is CCc1nn(-c2ccccc2)c(Oc2ccc(OC)cc2)c1CN(CC(O)CC)C(C)CC. The van der Waals surface area contributed by atoms with Gasteiger partial charge in [0.1, 0.15) is 11.5 Å². The molecule has 0 saturated heterocycles. The molecule has 2 aromatic carbocycles. The molecular formula is C27H37N3O3. The summed E-state index contributed by atoms with van der Waals surface area (Å²) in [7, 11) is 1.65. The summed E-state index contributed by atoms with van der Waals surface area (Å²) in [5.74, 6) is 2.22. The molecule has 6 nitrogen and oxygen atoms in total. The number of para-hydroxylation sites is 1. The summed E-state index contributed by atoms with van der Waals surface area (Å²) in [6, 6.07) is 18.0. The highest BCUT2D eigenvalue weighted by Gasteiger charge is 2.25. The molecule has 178 valence electrons. The Morgan fingerprint density at radius 3 is 2.21 bits per heavy atom. The molecule has 3 aromatic rings. The third-order valence-corrected chi connectivity index (χ3v) is 6.12. The van der Waals surface area contributed by atoms with Gasteiger partial charge in [0.05, 0.1) is 30.2 Å². The highest BCUT2D eigenvalue weighted by Crippen LogP contribution is 2.33. The molecule has 3 rings (SSSR count). The highest BCUT2D eigenvalue weighted by molar-refractivity contribution is 5.44. The van der Waals surface area contributed by atoms with E-state index in [2.05, 4.69) is 25.7 Å². The maximum atomic E-state index is 10.4. The standard InChI is InChI=1S/C27H37N3O3/c1-6-20(4)29(18-22(31)7-2)19-25-26(8-3)28-30(21-12-10-9-11-13-21)27(25)33-24-16-14-23(32-5)15-17-24/h9-17,20,22,31H,6-8,18-19H2,1-5H3. The maximum Gasteiger partial charge on any atom is 0.227 e. The van der Waals surface area contributed by atoms with Crippen LogP contribution >= 0.6 is 0 Å². The molecule has 0 saturated carbocycles. The first-order chi connectivity index (χ1) is 16.0. The van der Waals surface area contributed by atoms with Crippen molar-refractivity contribution in [1.29, 1.82) is 0 Å². The third kappa shape index (κ3) is 6.15. The second-order valence-electron chi connectivity index (χ2n) is 8.36. The second-order valence-corrected chi connectivity index (χ2v) is 8.36. The first kappa shape index (κ1) is 24.8. The number of aliphatic hydroxyl groups is 1. The molecule has 0 aliphatic rings. The quantitative estimate of drug-likeness (QED) is 0.388. The molecule has 2 atom stereocenters. The van der Waals surface area contributed by atoms with Gasteiger partial charge >= 0.3 is 0 Å². The Bertz CT molecular complexity index is 986. The number of methoxy groups -OCH3 is 1. The van der Waals surface area contributed by atoms with Crippen LogP contribution in [0, 0.1) is 0 Å². The molecule has 0 fully saturated rings. The van der Waals surface area contributed by atoms with Crippen molar-refractivity contribution < 1.29 is 14.6 Å². The van der Waals surface area contributed by atoms with E-state index >= 15 is 0 Å². The Labute approximate surface area is 197 Å². The van der Waals surface area contributed by atoms with Crippen LogP contribution in [0.2, 0.25) is 0 Å². The van der Waals surface area contributed by atoms with Gasteiger partial charge < -0.3 is 14.6 Å². The lowest BCUT2D eigenvalue weighted by atomic mass is 10.1. The number of rotatable bonds is 12. The van der Waals surface area contributed by atoms with Gasteiger partial charge in [-0.05, 0) is 62.6 Å². The summed E-state index contributed by atoms with van der Waals surface area (Å²) in [5.41, 5.74) is 3.01. The minimum atomic E-state index is -0.362. The monoisotopic (exact) mass is 451 g/mol. The van der Waals surface area contributed by atoms with Crippen molar-refractivity contribution in [3.8, 4) is 23.1 Å². The van der Waals surface area contributed by atoms with Crippen molar-refractivity contribution in [2.75, 3.05) is 13.7 Å². The third-order valence-electron chi connectivity index (χ3n) is 6.12. The highest BCUT2D eigenvalue weighted by atomic mass is 16.5. The van der Waals surface area contributed by atoms with Gasteiger partial charge in [-0.15, -0.1) is 0 Å². The van der Waals surface area contributed by atoms with E-state index in [4.69, 9.17) is 14.6 Å². The number of hydrogen-bond donors (Lipinski definition) is 1. The van der Waals surface area contributed by atoms with Crippen molar-refractivity contribution in [2.45, 2.75) is 65.6 Å². The normalized spacial score (nSPS) is 13.2. The molecule has 2 unspecified atom stereocenters. The van der Waals surface area contributed by atoms with Crippen LogP contribution in [0.1, 0.15) is 51.8 Å². The maximum absolute atomic E-state index is 10.4. The van der Waals surface area contributed by atoms with Gasteiger partial charge in [-0.25, -0.2) is 4.68 Å². The summed E-state index contributed by atoms with van der Waals surface area (Å²) in [6.45, 7) is 9.80. The summed E-state index contributed by atoms with van der Waals surface area (Å²) < 4.78 is 13.7. The molecule has 0 aliphatic carbocycles. The topological polar surface area (TPSA) is 59.8 Å². The first-order valence-corrected chi connectivity index (χ1v) is 11.9. The molecular weight excluding hydrogens is 414 g/mol. The van der Waals surface area contributed by atoms with Crippen LogP contribution in [-0.2, 0) is 13.0 Å². The van der Waals surface area contributed by atoms with Gasteiger partial charge in [-0.2, -0.15) is 5.10 Å². The number of ether oxygens (including phenoxy) is 2. The zero-order valence-electron chi connectivity index (χ0n) is 20.5. The molecule has 33 heavy (non-hydrogen) atoms. The molecule has 0 bridgehead atoms. The molecule has 1 aromatic heterocycles. The van der Waals surface area contributed by atoms with E-state index in [-0.39, 0.29) is 6.10 Å². The van der Waals surface area contributed by atoms with Gasteiger partial charge in [-0.1, -0.05) is 39.0 Å². The van der Waals surface area contributed by atoms with Gasteiger partial charge in [-0.3, -0.25) is 4.90 Å². The number of aliphatic hydroxyl groups excluding tert-OH is 1. The van der Waals surface area contributed by atoms with Crippen molar-refractivity contribution >= 4 is 0 Å². The smallest absolute Gasteiger partial charge is 0.227 e. The summed E-state index contributed by atoms with van der Waals surface area (Å²) >= 11 is 0. The second kappa shape index (κ2) is 11.9. The minimum Gasteiger partial charge on any atom is -0.497 e. The average Bonchev–Trinajstić information content (AvgIpc) is 3.20. The van der Waals surface area contributed by atoms with E-state index in [0.717, 1.165) is 47.7 Å². The van der Waals surface area contributed by atoms with Gasteiger partial charge in [0.15, 0.2) is 0 Å². The molecule has 1 N–H and O–H groups in total. The van der Waals surface area contributed by atoms with E-state index in [9.17, 15) is 5.11 Å². The molecule has 1 heterocycles. The first-order valence-electron chi connectivity index (χ1n) is 11.9. The fourth-order valence-electron chi connectivity index (χ4n) is 3.79.